The van der Waals surface area contributed by atoms with E-state index >= 15 is 0 Å². The van der Waals surface area contributed by atoms with E-state index < -0.39 is 0 Å². The van der Waals surface area contributed by atoms with E-state index in [2.05, 4.69) is 121 Å². The third-order valence-corrected chi connectivity index (χ3v) is 6.44. The van der Waals surface area contributed by atoms with E-state index in [4.69, 9.17) is 6.42 Å². The van der Waals surface area contributed by atoms with Gasteiger partial charge in [-0.3, -0.25) is 0 Å². The number of halogens is 1. The average Bonchev–Trinajstić information content (AvgIpc) is 2.77. The summed E-state index contributed by atoms with van der Waals surface area (Å²) in [6.07, 6.45) is 10.2. The van der Waals surface area contributed by atoms with Gasteiger partial charge in [-0.1, -0.05) is 122 Å². The molecule has 0 aromatic heterocycles. The Kier molecular flexibility index (Phi) is 6.17. The Morgan fingerprint density at radius 1 is 0.871 bits per heavy atom. The van der Waals surface area contributed by atoms with Crippen molar-refractivity contribution < 1.29 is 0 Å². The van der Waals surface area contributed by atoms with Gasteiger partial charge in [0.1, 0.15) is 0 Å². The summed E-state index contributed by atoms with van der Waals surface area (Å²) < 4.78 is 1.08. The molecule has 0 fully saturated rings. The van der Waals surface area contributed by atoms with Crippen molar-refractivity contribution in [3.63, 3.8) is 0 Å². The quantitative estimate of drug-likeness (QED) is 0.267. The largest absolute Gasteiger partial charge is 0.243 e. The number of aryl methyl sites for hydroxylation is 2. The van der Waals surface area contributed by atoms with Crippen molar-refractivity contribution in [2.75, 3.05) is 0 Å². The second kappa shape index (κ2) is 9.00. The fourth-order valence-electron chi connectivity index (χ4n) is 4.55. The maximum absolute atomic E-state index is 5.93. The summed E-state index contributed by atoms with van der Waals surface area (Å²) in [5.74, 6) is 2.91. The van der Waals surface area contributed by atoms with Gasteiger partial charge in [-0.25, -0.2) is 0 Å². The molecule has 0 aliphatic rings. The Labute approximate surface area is 194 Å². The summed E-state index contributed by atoms with van der Waals surface area (Å²) in [5, 5.41) is 2.53. The zero-order chi connectivity index (χ0) is 22.0. The molecular formula is C29H24BBr. The van der Waals surface area contributed by atoms with Crippen molar-refractivity contribution in [2.24, 2.45) is 0 Å². The van der Waals surface area contributed by atoms with Gasteiger partial charge in [0.05, 0.1) is 0 Å². The van der Waals surface area contributed by atoms with Crippen LogP contribution in [0, 0.1) is 26.2 Å². The number of hydrogen-bond acceptors (Lipinski definition) is 0. The van der Waals surface area contributed by atoms with Gasteiger partial charge in [-0.15, -0.1) is 6.42 Å². The summed E-state index contributed by atoms with van der Waals surface area (Å²) in [6.45, 7) is 6.50. The summed E-state index contributed by atoms with van der Waals surface area (Å²) in [6, 6.07) is 26.0. The molecule has 0 aliphatic heterocycles. The van der Waals surface area contributed by atoms with Gasteiger partial charge < -0.3 is 0 Å². The lowest BCUT2D eigenvalue weighted by Crippen LogP contribution is -2.55. The molecule has 0 heterocycles. The molecule has 0 nitrogen and oxygen atoms in total. The van der Waals surface area contributed by atoms with Crippen LogP contribution >= 0.6 is 15.9 Å². The van der Waals surface area contributed by atoms with Crippen LogP contribution in [0.15, 0.2) is 83.3 Å². The molecule has 4 aromatic carbocycles. The van der Waals surface area contributed by atoms with Crippen LogP contribution in [0.5, 0.6) is 0 Å². The van der Waals surface area contributed by atoms with Gasteiger partial charge in [-0.05, 0) is 49.2 Å². The highest BCUT2D eigenvalue weighted by Crippen LogP contribution is 2.19. The van der Waals surface area contributed by atoms with Crippen molar-refractivity contribution in [1.82, 2.24) is 0 Å². The molecule has 0 spiro atoms. The highest BCUT2D eigenvalue weighted by atomic mass is 79.9. The SMILES string of the molecule is C#Cc1ccc(C)c(B(c2cccc(Br)c2)c2c(C)ccc3ccccc23)c1/C=C\C. The van der Waals surface area contributed by atoms with Crippen LogP contribution in [-0.2, 0) is 0 Å². The second-order valence-corrected chi connectivity index (χ2v) is 8.82. The predicted molar refractivity (Wildman–Crippen MR) is 141 cm³/mol. The molecule has 0 atom stereocenters. The fourth-order valence-corrected chi connectivity index (χ4v) is 4.97. The molecule has 2 heteroatoms. The summed E-state index contributed by atoms with van der Waals surface area (Å²) in [4.78, 5) is 0. The van der Waals surface area contributed by atoms with Gasteiger partial charge in [0.15, 0.2) is 0 Å². The summed E-state index contributed by atoms with van der Waals surface area (Å²) >= 11 is 3.69. The highest BCUT2D eigenvalue weighted by molar-refractivity contribution is 9.10. The van der Waals surface area contributed by atoms with Crippen molar-refractivity contribution in [1.29, 1.82) is 0 Å². The molecular weight excluding hydrogens is 439 g/mol. The fraction of sp³-hybridized carbons (Fsp3) is 0.103. The summed E-state index contributed by atoms with van der Waals surface area (Å²) in [7, 11) is 0. The van der Waals surface area contributed by atoms with Crippen molar-refractivity contribution >= 4 is 55.9 Å². The van der Waals surface area contributed by atoms with E-state index in [0.717, 1.165) is 15.6 Å². The van der Waals surface area contributed by atoms with Crippen LogP contribution in [0.1, 0.15) is 29.2 Å². The number of terminal acetylenes is 1. The van der Waals surface area contributed by atoms with Crippen LogP contribution in [0.25, 0.3) is 16.8 Å². The molecule has 0 saturated heterocycles. The molecule has 0 amide bonds. The minimum Gasteiger partial charge on any atom is -0.115 e. The number of allylic oxidation sites excluding steroid dienone is 1. The molecule has 4 aromatic rings. The van der Waals surface area contributed by atoms with Crippen LogP contribution in [0.3, 0.4) is 0 Å². The molecule has 150 valence electrons. The van der Waals surface area contributed by atoms with Gasteiger partial charge in [0, 0.05) is 10.0 Å². The average molecular weight is 463 g/mol. The normalized spacial score (nSPS) is 11.1. The molecule has 31 heavy (non-hydrogen) atoms. The van der Waals surface area contributed by atoms with Crippen LogP contribution in [0.2, 0.25) is 0 Å². The molecule has 0 saturated carbocycles. The second-order valence-electron chi connectivity index (χ2n) is 7.91. The number of benzene rings is 4. The van der Waals surface area contributed by atoms with Crippen molar-refractivity contribution in [3.8, 4) is 12.3 Å². The molecule has 0 unspecified atom stereocenters. The van der Waals surface area contributed by atoms with Gasteiger partial charge >= 0.3 is 0 Å². The zero-order valence-electron chi connectivity index (χ0n) is 18.1. The monoisotopic (exact) mass is 462 g/mol. The Balaban J connectivity index is 2.17. The van der Waals surface area contributed by atoms with Crippen LogP contribution < -0.4 is 16.4 Å². The molecule has 0 aliphatic carbocycles. The van der Waals surface area contributed by atoms with Crippen LogP contribution in [-0.4, -0.2) is 6.71 Å². The number of hydrogen-bond donors (Lipinski definition) is 0. The van der Waals surface area contributed by atoms with Crippen molar-refractivity contribution in [3.05, 3.63) is 106 Å². The Hall–Kier alpha value is -3.02. The van der Waals surface area contributed by atoms with E-state index in [0.29, 0.717) is 0 Å². The number of rotatable bonds is 4. The highest BCUT2D eigenvalue weighted by Gasteiger charge is 2.29. The van der Waals surface area contributed by atoms with E-state index in [1.165, 1.54) is 38.3 Å². The van der Waals surface area contributed by atoms with Gasteiger partial charge in [0.2, 0.25) is 6.71 Å². The van der Waals surface area contributed by atoms with Crippen LogP contribution in [0.4, 0.5) is 0 Å². The molecule has 0 N–H and O–H groups in total. The first-order valence-electron chi connectivity index (χ1n) is 10.5. The third kappa shape index (κ3) is 3.99. The Morgan fingerprint density at radius 3 is 2.35 bits per heavy atom. The molecule has 0 bridgehead atoms. The Bertz CT molecular complexity index is 1340. The molecule has 0 radical (unpaired) electrons. The van der Waals surface area contributed by atoms with Gasteiger partial charge in [0.25, 0.3) is 0 Å². The van der Waals surface area contributed by atoms with Gasteiger partial charge in [-0.2, -0.15) is 0 Å². The third-order valence-electron chi connectivity index (χ3n) is 5.94. The molecule has 4 rings (SSSR count). The van der Waals surface area contributed by atoms with Crippen molar-refractivity contribution in [2.45, 2.75) is 20.8 Å². The lowest BCUT2D eigenvalue weighted by molar-refractivity contribution is 1.47. The minimum absolute atomic E-state index is 0.0584. The Morgan fingerprint density at radius 2 is 1.61 bits per heavy atom. The van der Waals surface area contributed by atoms with E-state index in [-0.39, 0.29) is 6.71 Å². The topological polar surface area (TPSA) is 0 Å². The zero-order valence-corrected chi connectivity index (χ0v) is 19.7. The standard InChI is InChI=1S/C29H24BBr/c1-5-10-26-22(6-2)17-15-20(3)28(26)30(24-12-9-13-25(31)19-24)29-21(4)16-18-23-11-7-8-14-27(23)29/h2,5,7-19H,1,3-4H3/b10-5-. The first kappa shape index (κ1) is 21.2. The van der Waals surface area contributed by atoms with E-state index in [1.54, 1.807) is 0 Å². The first-order valence-corrected chi connectivity index (χ1v) is 11.3. The van der Waals surface area contributed by atoms with E-state index in [9.17, 15) is 0 Å². The first-order chi connectivity index (χ1) is 15.0. The maximum Gasteiger partial charge on any atom is 0.243 e. The lowest BCUT2D eigenvalue weighted by atomic mass is 9.34. The number of fused-ring (bicyclic) bond motifs is 1. The maximum atomic E-state index is 5.93. The smallest absolute Gasteiger partial charge is 0.115 e. The predicted octanol–water partition coefficient (Wildman–Crippen LogP) is 5.75. The van der Waals surface area contributed by atoms with E-state index in [1.807, 2.05) is 6.92 Å². The lowest BCUT2D eigenvalue weighted by Gasteiger charge is -2.24. The minimum atomic E-state index is 0.0584. The summed E-state index contributed by atoms with van der Waals surface area (Å²) in [5.41, 5.74) is 8.42.